The molecule has 0 fully saturated rings. The van der Waals surface area contributed by atoms with Gasteiger partial charge in [-0.05, 0) is 47.7 Å². The average molecular weight is 354 g/mol. The van der Waals surface area contributed by atoms with Crippen LogP contribution in [0.3, 0.4) is 0 Å². The molecule has 0 bridgehead atoms. The Morgan fingerprint density at radius 3 is 2.33 bits per heavy atom. The molecule has 3 aromatic carbocycles. The third-order valence-corrected chi connectivity index (χ3v) is 4.64. The molecule has 4 nitrogen and oxygen atoms in total. The van der Waals surface area contributed by atoms with Crippen LogP contribution in [0.5, 0.6) is 0 Å². The number of benzene rings is 3. The highest BCUT2D eigenvalue weighted by Gasteiger charge is 2.04. The summed E-state index contributed by atoms with van der Waals surface area (Å²) in [6, 6.07) is 25.1. The van der Waals surface area contributed by atoms with Crippen LogP contribution >= 0.6 is 0 Å². The van der Waals surface area contributed by atoms with E-state index in [4.69, 9.17) is 5.73 Å². The molecule has 0 aliphatic carbocycles. The van der Waals surface area contributed by atoms with Gasteiger partial charge in [0.15, 0.2) is 0 Å². The molecular formula is C23H22N4. The number of nitrogens with two attached hydrogens (primary N) is 1. The Kier molecular flexibility index (Phi) is 4.97. The summed E-state index contributed by atoms with van der Waals surface area (Å²) in [7, 11) is 0. The predicted molar refractivity (Wildman–Crippen MR) is 112 cm³/mol. The number of hydrogen-bond donors (Lipinski definition) is 2. The predicted octanol–water partition coefficient (Wildman–Crippen LogP) is 4.46. The van der Waals surface area contributed by atoms with Crippen molar-refractivity contribution in [2.75, 3.05) is 17.6 Å². The maximum Gasteiger partial charge on any atom is 0.137 e. The van der Waals surface area contributed by atoms with Crippen LogP contribution < -0.4 is 11.1 Å². The van der Waals surface area contributed by atoms with Gasteiger partial charge in [-0.25, -0.2) is 9.97 Å². The van der Waals surface area contributed by atoms with Crippen LogP contribution in [0.15, 0.2) is 79.1 Å². The van der Waals surface area contributed by atoms with Crippen molar-refractivity contribution in [2.24, 2.45) is 0 Å². The van der Waals surface area contributed by atoms with Crippen molar-refractivity contribution in [1.29, 1.82) is 0 Å². The molecule has 0 aliphatic heterocycles. The fourth-order valence-electron chi connectivity index (χ4n) is 3.20. The standard InChI is InChI=1S/C23H22N4/c24-20-10-11-22-21(15-20)23(27-16-26-22)25-13-12-17-6-8-19(9-7-17)14-18-4-2-1-3-5-18/h1-11,15-16H,12-14,24H2,(H,25,26,27). The van der Waals surface area contributed by atoms with Gasteiger partial charge < -0.3 is 11.1 Å². The number of anilines is 2. The largest absolute Gasteiger partial charge is 0.399 e. The van der Waals surface area contributed by atoms with Gasteiger partial charge in [0.25, 0.3) is 0 Å². The Balaban J connectivity index is 1.37. The van der Waals surface area contributed by atoms with E-state index in [1.165, 1.54) is 16.7 Å². The van der Waals surface area contributed by atoms with Crippen molar-refractivity contribution in [3.8, 4) is 0 Å². The molecule has 3 N–H and O–H groups in total. The second-order valence-corrected chi connectivity index (χ2v) is 6.65. The van der Waals surface area contributed by atoms with Gasteiger partial charge in [-0.2, -0.15) is 0 Å². The zero-order valence-electron chi connectivity index (χ0n) is 15.1. The third kappa shape index (κ3) is 4.23. The van der Waals surface area contributed by atoms with E-state index in [0.29, 0.717) is 5.69 Å². The first kappa shape index (κ1) is 17.0. The van der Waals surface area contributed by atoms with Crippen molar-refractivity contribution in [3.05, 3.63) is 95.8 Å². The van der Waals surface area contributed by atoms with Crippen LogP contribution in [0, 0.1) is 0 Å². The molecule has 0 atom stereocenters. The fraction of sp³-hybridized carbons (Fsp3) is 0.130. The summed E-state index contributed by atoms with van der Waals surface area (Å²) in [5, 5.41) is 4.37. The van der Waals surface area contributed by atoms with E-state index in [2.05, 4.69) is 69.9 Å². The van der Waals surface area contributed by atoms with Crippen LogP contribution in [-0.4, -0.2) is 16.5 Å². The molecule has 4 aromatic rings. The number of fused-ring (bicyclic) bond motifs is 1. The van der Waals surface area contributed by atoms with E-state index >= 15 is 0 Å². The van der Waals surface area contributed by atoms with Crippen LogP contribution in [0.4, 0.5) is 11.5 Å². The average Bonchev–Trinajstić information content (AvgIpc) is 2.70. The Bertz CT molecular complexity index is 1030. The molecule has 0 saturated heterocycles. The zero-order chi connectivity index (χ0) is 18.5. The molecule has 4 rings (SSSR count). The highest BCUT2D eigenvalue weighted by molar-refractivity contribution is 5.91. The quantitative estimate of drug-likeness (QED) is 0.502. The van der Waals surface area contributed by atoms with E-state index < -0.39 is 0 Å². The van der Waals surface area contributed by atoms with Gasteiger partial charge in [0, 0.05) is 17.6 Å². The molecule has 1 aromatic heterocycles. The first-order valence-electron chi connectivity index (χ1n) is 9.14. The second kappa shape index (κ2) is 7.87. The van der Waals surface area contributed by atoms with Crippen molar-refractivity contribution in [1.82, 2.24) is 9.97 Å². The van der Waals surface area contributed by atoms with Crippen LogP contribution in [0.25, 0.3) is 10.9 Å². The molecule has 0 saturated carbocycles. The van der Waals surface area contributed by atoms with Crippen molar-refractivity contribution in [2.45, 2.75) is 12.8 Å². The molecule has 0 unspecified atom stereocenters. The molecule has 27 heavy (non-hydrogen) atoms. The summed E-state index contributed by atoms with van der Waals surface area (Å²) in [5.41, 5.74) is 11.5. The van der Waals surface area contributed by atoms with E-state index in [1.54, 1.807) is 6.33 Å². The van der Waals surface area contributed by atoms with Gasteiger partial charge in [0.05, 0.1) is 5.52 Å². The molecule has 134 valence electrons. The summed E-state index contributed by atoms with van der Waals surface area (Å²) >= 11 is 0. The molecule has 0 aliphatic rings. The second-order valence-electron chi connectivity index (χ2n) is 6.65. The summed E-state index contributed by atoms with van der Waals surface area (Å²) < 4.78 is 0. The van der Waals surface area contributed by atoms with Gasteiger partial charge in [-0.15, -0.1) is 0 Å². The number of nitrogens with zero attached hydrogens (tertiary/aromatic N) is 2. The molecule has 0 amide bonds. The van der Waals surface area contributed by atoms with Gasteiger partial charge in [0.2, 0.25) is 0 Å². The Morgan fingerprint density at radius 1 is 0.778 bits per heavy atom. The van der Waals surface area contributed by atoms with Crippen molar-refractivity contribution in [3.63, 3.8) is 0 Å². The lowest BCUT2D eigenvalue weighted by molar-refractivity contribution is 1.00. The molecule has 0 radical (unpaired) electrons. The molecule has 0 spiro atoms. The topological polar surface area (TPSA) is 63.8 Å². The van der Waals surface area contributed by atoms with E-state index in [-0.39, 0.29) is 0 Å². The van der Waals surface area contributed by atoms with Crippen LogP contribution in [0.1, 0.15) is 16.7 Å². The Labute approximate surface area is 159 Å². The highest BCUT2D eigenvalue weighted by atomic mass is 15.0. The summed E-state index contributed by atoms with van der Waals surface area (Å²) in [6.45, 7) is 0.805. The van der Waals surface area contributed by atoms with E-state index in [9.17, 15) is 0 Å². The van der Waals surface area contributed by atoms with Crippen molar-refractivity contribution < 1.29 is 0 Å². The lowest BCUT2D eigenvalue weighted by atomic mass is 10.0. The van der Waals surface area contributed by atoms with E-state index in [0.717, 1.165) is 36.1 Å². The summed E-state index contributed by atoms with van der Waals surface area (Å²) in [6.07, 6.45) is 3.48. The smallest absolute Gasteiger partial charge is 0.137 e. The molecule has 4 heteroatoms. The SMILES string of the molecule is Nc1ccc2ncnc(NCCc3ccc(Cc4ccccc4)cc3)c2c1. The minimum atomic E-state index is 0.717. The van der Waals surface area contributed by atoms with Crippen LogP contribution in [0.2, 0.25) is 0 Å². The Hall–Kier alpha value is -3.40. The normalized spacial score (nSPS) is 10.8. The highest BCUT2D eigenvalue weighted by Crippen LogP contribution is 2.21. The van der Waals surface area contributed by atoms with Crippen LogP contribution in [-0.2, 0) is 12.8 Å². The number of nitrogens with one attached hydrogen (secondary N) is 1. The monoisotopic (exact) mass is 354 g/mol. The first-order valence-corrected chi connectivity index (χ1v) is 9.14. The van der Waals surface area contributed by atoms with Gasteiger partial charge in [-0.3, -0.25) is 0 Å². The zero-order valence-corrected chi connectivity index (χ0v) is 15.1. The lowest BCUT2D eigenvalue weighted by Gasteiger charge is -2.09. The molecular weight excluding hydrogens is 332 g/mol. The minimum absolute atomic E-state index is 0.717. The molecule has 1 heterocycles. The maximum absolute atomic E-state index is 5.90. The summed E-state index contributed by atoms with van der Waals surface area (Å²) in [4.78, 5) is 8.65. The van der Waals surface area contributed by atoms with Crippen molar-refractivity contribution >= 4 is 22.4 Å². The number of hydrogen-bond acceptors (Lipinski definition) is 4. The van der Waals surface area contributed by atoms with Gasteiger partial charge in [0.1, 0.15) is 12.1 Å². The van der Waals surface area contributed by atoms with Gasteiger partial charge in [-0.1, -0.05) is 54.6 Å². The maximum atomic E-state index is 5.90. The number of rotatable bonds is 6. The summed E-state index contributed by atoms with van der Waals surface area (Å²) in [5.74, 6) is 0.827. The number of aromatic nitrogens is 2. The minimum Gasteiger partial charge on any atom is -0.399 e. The lowest BCUT2D eigenvalue weighted by Crippen LogP contribution is -2.07. The fourth-order valence-corrected chi connectivity index (χ4v) is 3.20. The Morgan fingerprint density at radius 2 is 1.52 bits per heavy atom. The van der Waals surface area contributed by atoms with Gasteiger partial charge >= 0.3 is 0 Å². The third-order valence-electron chi connectivity index (χ3n) is 4.64. The first-order chi connectivity index (χ1) is 13.3. The van der Waals surface area contributed by atoms with E-state index in [1.807, 2.05) is 18.2 Å². The number of nitrogen functional groups attached to an aromatic ring is 1.